The molecule has 4 heteroatoms. The molecule has 2 heterocycles. The Morgan fingerprint density at radius 2 is 2.27 bits per heavy atom. The summed E-state index contributed by atoms with van der Waals surface area (Å²) in [4.78, 5) is 10.0. The van der Waals surface area contributed by atoms with Crippen LogP contribution in [0.2, 0.25) is 0 Å². The Hall–Kier alpha value is -1.55. The minimum absolute atomic E-state index is 0.192. The monoisotopic (exact) mass is 220 g/mol. The largest absolute Gasteiger partial charge is 0.261 e. The number of rotatable bonds is 2. The molecule has 0 amide bonds. The zero-order chi connectivity index (χ0) is 10.7. The van der Waals surface area contributed by atoms with Crippen molar-refractivity contribution in [2.75, 3.05) is 0 Å². The van der Waals surface area contributed by atoms with Gasteiger partial charge in [-0.1, -0.05) is 0 Å². The van der Waals surface area contributed by atoms with E-state index in [1.54, 1.807) is 18.6 Å². The van der Waals surface area contributed by atoms with Crippen LogP contribution in [-0.4, -0.2) is 9.97 Å². The number of nitrogens with zero attached hydrogens (tertiary/aromatic N) is 2. The number of halogens is 1. The maximum Gasteiger partial charge on any atom is 0.0984 e. The molecule has 2 aromatic heterocycles. The first-order chi connectivity index (χ1) is 7.25. The lowest BCUT2D eigenvalue weighted by molar-refractivity contribution is 0.648. The summed E-state index contributed by atoms with van der Waals surface area (Å²) in [5.74, 6) is -0.192. The number of aromatic nitrogens is 2. The van der Waals surface area contributed by atoms with Crippen molar-refractivity contribution < 1.29 is 4.39 Å². The molecule has 2 aromatic rings. The van der Waals surface area contributed by atoms with Crippen LogP contribution in [0.5, 0.6) is 0 Å². The lowest BCUT2D eigenvalue weighted by atomic mass is 10.3. The molecule has 0 aliphatic heterocycles. The van der Waals surface area contributed by atoms with Crippen LogP contribution in [0.4, 0.5) is 4.39 Å². The summed E-state index contributed by atoms with van der Waals surface area (Å²) in [6.07, 6.45) is 6.47. The molecule has 0 aromatic carbocycles. The van der Waals surface area contributed by atoms with Crippen molar-refractivity contribution in [3.63, 3.8) is 0 Å². The highest BCUT2D eigenvalue weighted by Gasteiger charge is 2.02. The molecule has 15 heavy (non-hydrogen) atoms. The number of allylic oxidation sites excluding steroid dienone is 1. The minimum Gasteiger partial charge on any atom is -0.261 e. The first-order valence-electron chi connectivity index (χ1n) is 4.46. The van der Waals surface area contributed by atoms with E-state index >= 15 is 0 Å². The summed E-state index contributed by atoms with van der Waals surface area (Å²) in [5, 5.41) is 0. The van der Waals surface area contributed by atoms with Gasteiger partial charge in [-0.2, -0.15) is 0 Å². The van der Waals surface area contributed by atoms with E-state index in [1.165, 1.54) is 24.3 Å². The van der Waals surface area contributed by atoms with Crippen LogP contribution in [-0.2, 0) is 0 Å². The van der Waals surface area contributed by atoms with Gasteiger partial charge >= 0.3 is 0 Å². The molecule has 0 aliphatic rings. The third kappa shape index (κ3) is 2.47. The highest BCUT2D eigenvalue weighted by Crippen LogP contribution is 2.27. The van der Waals surface area contributed by atoms with Crippen molar-refractivity contribution >= 4 is 17.4 Å². The summed E-state index contributed by atoms with van der Waals surface area (Å²) in [6.45, 7) is 1.43. The molecular weight excluding hydrogens is 211 g/mol. The fourth-order valence-electron chi connectivity index (χ4n) is 1.19. The Kier molecular flexibility index (Phi) is 2.87. The van der Waals surface area contributed by atoms with Crippen LogP contribution in [0.3, 0.4) is 0 Å². The molecule has 0 spiro atoms. The van der Waals surface area contributed by atoms with Gasteiger partial charge < -0.3 is 0 Å². The van der Waals surface area contributed by atoms with E-state index in [9.17, 15) is 4.39 Å². The smallest absolute Gasteiger partial charge is 0.0984 e. The summed E-state index contributed by atoms with van der Waals surface area (Å²) in [6, 6.07) is 3.79. The van der Waals surface area contributed by atoms with Gasteiger partial charge in [-0.3, -0.25) is 9.97 Å². The average Bonchev–Trinajstić information content (AvgIpc) is 2.67. The molecule has 76 valence electrons. The van der Waals surface area contributed by atoms with Crippen LogP contribution in [0.15, 0.2) is 36.6 Å². The van der Waals surface area contributed by atoms with E-state index in [0.717, 1.165) is 15.4 Å². The molecule has 0 bridgehead atoms. The standard InChI is InChI=1S/C11H9FN2S/c1-8(12)6-9-2-3-11(15-9)10-7-13-4-5-14-10/h2-7H,1H3/b8-6+. The van der Waals surface area contributed by atoms with E-state index < -0.39 is 0 Å². The SMILES string of the molecule is C/C(F)=C\c1ccc(-c2cnccn2)s1. The van der Waals surface area contributed by atoms with Crippen LogP contribution < -0.4 is 0 Å². The molecular formula is C11H9FN2S. The predicted octanol–water partition coefficient (Wildman–Crippen LogP) is 3.54. The maximum absolute atomic E-state index is 12.6. The van der Waals surface area contributed by atoms with Gasteiger partial charge in [0.15, 0.2) is 0 Å². The van der Waals surface area contributed by atoms with Gasteiger partial charge in [-0.15, -0.1) is 11.3 Å². The molecule has 0 unspecified atom stereocenters. The van der Waals surface area contributed by atoms with Gasteiger partial charge in [0.1, 0.15) is 0 Å². The van der Waals surface area contributed by atoms with Crippen LogP contribution in [0.25, 0.3) is 16.6 Å². The summed E-state index contributed by atoms with van der Waals surface area (Å²) in [5.41, 5.74) is 0.818. The third-order valence-electron chi connectivity index (χ3n) is 1.78. The zero-order valence-electron chi connectivity index (χ0n) is 8.14. The molecule has 0 fully saturated rings. The van der Waals surface area contributed by atoms with Crippen molar-refractivity contribution in [1.29, 1.82) is 0 Å². The molecule has 0 saturated carbocycles. The van der Waals surface area contributed by atoms with Gasteiger partial charge in [0, 0.05) is 17.3 Å². The maximum atomic E-state index is 12.6. The van der Waals surface area contributed by atoms with E-state index in [2.05, 4.69) is 9.97 Å². The fourth-order valence-corrected chi connectivity index (χ4v) is 2.15. The molecule has 2 rings (SSSR count). The quantitative estimate of drug-likeness (QED) is 0.773. The first-order valence-corrected chi connectivity index (χ1v) is 5.27. The zero-order valence-corrected chi connectivity index (χ0v) is 8.96. The topological polar surface area (TPSA) is 25.8 Å². The number of hydrogen-bond acceptors (Lipinski definition) is 3. The first kappa shape index (κ1) is 9.98. The normalized spacial score (nSPS) is 11.7. The van der Waals surface area contributed by atoms with Gasteiger partial charge in [0.2, 0.25) is 0 Å². The molecule has 0 N–H and O–H groups in total. The van der Waals surface area contributed by atoms with Crippen LogP contribution in [0.1, 0.15) is 11.8 Å². The fraction of sp³-hybridized carbons (Fsp3) is 0.0909. The predicted molar refractivity (Wildman–Crippen MR) is 60.1 cm³/mol. The Balaban J connectivity index is 2.32. The summed E-state index contributed by atoms with van der Waals surface area (Å²) >= 11 is 1.50. The minimum atomic E-state index is -0.192. The molecule has 0 radical (unpaired) electrons. The Morgan fingerprint density at radius 3 is 2.93 bits per heavy atom. The van der Waals surface area contributed by atoms with E-state index in [4.69, 9.17) is 0 Å². The Labute approximate surface area is 91.1 Å². The van der Waals surface area contributed by atoms with E-state index in [0.29, 0.717) is 0 Å². The third-order valence-corrected chi connectivity index (χ3v) is 2.84. The summed E-state index contributed by atoms with van der Waals surface area (Å²) < 4.78 is 12.6. The van der Waals surface area contributed by atoms with Gasteiger partial charge in [-0.05, 0) is 25.1 Å². The highest BCUT2D eigenvalue weighted by molar-refractivity contribution is 7.16. The lowest BCUT2D eigenvalue weighted by Gasteiger charge is -1.92. The molecule has 0 atom stereocenters. The highest BCUT2D eigenvalue weighted by atomic mass is 32.1. The summed E-state index contributed by atoms with van der Waals surface area (Å²) in [7, 11) is 0. The van der Waals surface area contributed by atoms with Gasteiger partial charge in [-0.25, -0.2) is 4.39 Å². The van der Waals surface area contributed by atoms with Crippen molar-refractivity contribution in [3.05, 3.63) is 41.4 Å². The van der Waals surface area contributed by atoms with Crippen molar-refractivity contribution in [3.8, 4) is 10.6 Å². The Bertz CT molecular complexity index is 472. The van der Waals surface area contributed by atoms with Crippen LogP contribution >= 0.6 is 11.3 Å². The Morgan fingerprint density at radius 1 is 1.40 bits per heavy atom. The van der Waals surface area contributed by atoms with Crippen LogP contribution in [0, 0.1) is 0 Å². The number of thiophene rings is 1. The second-order valence-electron chi connectivity index (χ2n) is 3.02. The molecule has 0 saturated heterocycles. The molecule has 0 aliphatic carbocycles. The van der Waals surface area contributed by atoms with Crippen molar-refractivity contribution in [2.45, 2.75) is 6.92 Å². The van der Waals surface area contributed by atoms with Crippen molar-refractivity contribution in [2.24, 2.45) is 0 Å². The molecule has 2 nitrogen and oxygen atoms in total. The lowest BCUT2D eigenvalue weighted by Crippen LogP contribution is -1.79. The van der Waals surface area contributed by atoms with Crippen molar-refractivity contribution in [1.82, 2.24) is 9.97 Å². The van der Waals surface area contributed by atoms with Gasteiger partial charge in [0.25, 0.3) is 0 Å². The average molecular weight is 220 g/mol. The van der Waals surface area contributed by atoms with E-state index in [-0.39, 0.29) is 5.83 Å². The van der Waals surface area contributed by atoms with E-state index in [1.807, 2.05) is 12.1 Å². The second kappa shape index (κ2) is 4.31. The second-order valence-corrected chi connectivity index (χ2v) is 4.14. The van der Waals surface area contributed by atoms with Gasteiger partial charge in [0.05, 0.1) is 22.6 Å². The number of hydrogen-bond donors (Lipinski definition) is 0.